The average molecular weight is 384 g/mol. The van der Waals surface area contributed by atoms with Gasteiger partial charge in [-0.05, 0) is 42.3 Å². The second-order valence-electron chi connectivity index (χ2n) is 5.73. The first-order valence-electron chi connectivity index (χ1n) is 7.84. The number of amides is 2. The molecule has 2 N–H and O–H groups in total. The van der Waals surface area contributed by atoms with Crippen LogP contribution in [0.3, 0.4) is 0 Å². The van der Waals surface area contributed by atoms with Crippen molar-refractivity contribution in [3.05, 3.63) is 64.6 Å². The summed E-state index contributed by atoms with van der Waals surface area (Å²) in [5.74, 6) is -0.499. The van der Waals surface area contributed by atoms with Crippen molar-refractivity contribution in [2.75, 3.05) is 11.9 Å². The smallest absolute Gasteiger partial charge is 0.266 e. The normalized spacial score (nSPS) is 15.6. The third kappa shape index (κ3) is 4.12. The van der Waals surface area contributed by atoms with E-state index in [4.69, 9.17) is 12.2 Å². The van der Waals surface area contributed by atoms with Crippen molar-refractivity contribution in [2.45, 2.75) is 6.92 Å². The number of aromatic hydroxyl groups is 1. The van der Waals surface area contributed by atoms with E-state index in [2.05, 4.69) is 5.32 Å². The van der Waals surface area contributed by atoms with E-state index in [-0.39, 0.29) is 24.1 Å². The largest absolute Gasteiger partial charge is 0.508 e. The lowest BCUT2D eigenvalue weighted by Gasteiger charge is -2.15. The van der Waals surface area contributed by atoms with Crippen LogP contribution < -0.4 is 5.32 Å². The fourth-order valence-electron chi connectivity index (χ4n) is 2.46. The number of nitrogens with zero attached hydrogens (tertiary/aromatic N) is 1. The zero-order valence-electron chi connectivity index (χ0n) is 13.9. The van der Waals surface area contributed by atoms with Crippen LogP contribution in [-0.2, 0) is 9.59 Å². The fourth-order valence-corrected chi connectivity index (χ4v) is 3.71. The van der Waals surface area contributed by atoms with Gasteiger partial charge in [-0.2, -0.15) is 0 Å². The summed E-state index contributed by atoms with van der Waals surface area (Å²) in [6.07, 6.45) is 1.77. The number of aryl methyl sites for hydroxylation is 1. The number of hydrogen-bond acceptors (Lipinski definition) is 5. The second kappa shape index (κ2) is 7.72. The SMILES string of the molecule is Cc1cc(O)ccc1NC(=O)CN1C(=O)/C(=C/c2ccccc2)SC1=S. The molecule has 2 aromatic carbocycles. The standard InChI is InChI=1S/C19H16N2O3S2/c1-12-9-14(22)7-8-15(12)20-17(23)11-21-18(24)16(26-19(21)25)10-13-5-3-2-4-6-13/h2-10,22H,11H2,1H3,(H,20,23)/b16-10-. The van der Waals surface area contributed by atoms with Crippen LogP contribution in [0.25, 0.3) is 6.08 Å². The zero-order valence-corrected chi connectivity index (χ0v) is 15.6. The highest BCUT2D eigenvalue weighted by Gasteiger charge is 2.33. The number of nitrogens with one attached hydrogen (secondary N) is 1. The van der Waals surface area contributed by atoms with E-state index in [1.165, 1.54) is 22.7 Å². The van der Waals surface area contributed by atoms with Gasteiger partial charge < -0.3 is 10.4 Å². The molecule has 0 atom stereocenters. The van der Waals surface area contributed by atoms with Gasteiger partial charge in [-0.1, -0.05) is 54.3 Å². The van der Waals surface area contributed by atoms with Crippen molar-refractivity contribution in [1.82, 2.24) is 4.90 Å². The summed E-state index contributed by atoms with van der Waals surface area (Å²) in [7, 11) is 0. The van der Waals surface area contributed by atoms with Crippen LogP contribution in [-0.4, -0.2) is 32.7 Å². The number of phenolic OH excluding ortho intramolecular Hbond substituents is 1. The third-order valence-corrected chi connectivity index (χ3v) is 5.13. The average Bonchev–Trinajstić information content (AvgIpc) is 2.86. The van der Waals surface area contributed by atoms with E-state index in [0.717, 1.165) is 11.1 Å². The van der Waals surface area contributed by atoms with E-state index in [0.29, 0.717) is 14.9 Å². The van der Waals surface area contributed by atoms with Gasteiger partial charge in [-0.25, -0.2) is 0 Å². The minimum Gasteiger partial charge on any atom is -0.508 e. The molecule has 7 heteroatoms. The Labute approximate surface area is 160 Å². The minimum absolute atomic E-state index is 0.128. The molecule has 0 aromatic heterocycles. The quantitative estimate of drug-likeness (QED) is 0.479. The molecule has 2 amide bonds. The number of rotatable bonds is 4. The second-order valence-corrected chi connectivity index (χ2v) is 7.40. The Bertz CT molecular complexity index is 910. The highest BCUT2D eigenvalue weighted by Crippen LogP contribution is 2.32. The number of benzene rings is 2. The van der Waals surface area contributed by atoms with E-state index < -0.39 is 0 Å². The Kier molecular flexibility index (Phi) is 5.39. The van der Waals surface area contributed by atoms with Gasteiger partial charge in [0.25, 0.3) is 5.91 Å². The third-order valence-electron chi connectivity index (χ3n) is 3.76. The molecule has 1 saturated heterocycles. The Morgan fingerprint density at radius 3 is 2.69 bits per heavy atom. The first-order chi connectivity index (χ1) is 12.4. The van der Waals surface area contributed by atoms with Gasteiger partial charge in [0.1, 0.15) is 16.6 Å². The molecule has 1 fully saturated rings. The monoisotopic (exact) mass is 384 g/mol. The van der Waals surface area contributed by atoms with Gasteiger partial charge in [0.05, 0.1) is 4.91 Å². The summed E-state index contributed by atoms with van der Waals surface area (Å²) in [6, 6.07) is 14.1. The maximum Gasteiger partial charge on any atom is 0.266 e. The summed E-state index contributed by atoms with van der Waals surface area (Å²) in [4.78, 5) is 26.6. The molecule has 0 aliphatic carbocycles. The molecule has 132 valence electrons. The molecule has 0 unspecified atom stereocenters. The molecule has 0 saturated carbocycles. The van der Waals surface area contributed by atoms with Gasteiger partial charge >= 0.3 is 0 Å². The highest BCUT2D eigenvalue weighted by molar-refractivity contribution is 8.26. The van der Waals surface area contributed by atoms with Gasteiger partial charge in [0.15, 0.2) is 0 Å². The number of carbonyl (C=O) groups excluding carboxylic acids is 2. The van der Waals surface area contributed by atoms with Crippen LogP contribution in [0, 0.1) is 6.92 Å². The Balaban J connectivity index is 1.69. The van der Waals surface area contributed by atoms with Gasteiger partial charge in [0, 0.05) is 5.69 Å². The summed E-state index contributed by atoms with van der Waals surface area (Å²) < 4.78 is 0.356. The summed E-state index contributed by atoms with van der Waals surface area (Å²) in [6.45, 7) is 1.62. The first-order valence-corrected chi connectivity index (χ1v) is 9.06. The molecule has 5 nitrogen and oxygen atoms in total. The highest BCUT2D eigenvalue weighted by atomic mass is 32.2. The van der Waals surface area contributed by atoms with Crippen molar-refractivity contribution < 1.29 is 14.7 Å². The van der Waals surface area contributed by atoms with E-state index in [1.807, 2.05) is 30.3 Å². The molecular formula is C19H16N2O3S2. The number of anilines is 1. The molecule has 2 aromatic rings. The molecule has 1 heterocycles. The van der Waals surface area contributed by atoms with Crippen molar-refractivity contribution in [3.8, 4) is 5.75 Å². The Morgan fingerprint density at radius 1 is 1.27 bits per heavy atom. The Morgan fingerprint density at radius 2 is 2.00 bits per heavy atom. The predicted molar refractivity (Wildman–Crippen MR) is 108 cm³/mol. The van der Waals surface area contributed by atoms with E-state index in [9.17, 15) is 14.7 Å². The van der Waals surface area contributed by atoms with Gasteiger partial charge in [0.2, 0.25) is 5.91 Å². The molecule has 26 heavy (non-hydrogen) atoms. The fraction of sp³-hybridized carbons (Fsp3) is 0.105. The van der Waals surface area contributed by atoms with Crippen LogP contribution >= 0.6 is 24.0 Å². The van der Waals surface area contributed by atoms with Gasteiger partial charge in [-0.15, -0.1) is 0 Å². The Hall–Kier alpha value is -2.64. The maximum atomic E-state index is 12.6. The lowest BCUT2D eigenvalue weighted by Crippen LogP contribution is -2.36. The number of thiocarbonyl (C=S) groups is 1. The number of thioether (sulfide) groups is 1. The number of phenols is 1. The van der Waals surface area contributed by atoms with Crippen LogP contribution in [0.15, 0.2) is 53.4 Å². The molecular weight excluding hydrogens is 368 g/mol. The zero-order chi connectivity index (χ0) is 18.7. The lowest BCUT2D eigenvalue weighted by molar-refractivity contribution is -0.126. The first kappa shape index (κ1) is 18.2. The van der Waals surface area contributed by atoms with Gasteiger partial charge in [-0.3, -0.25) is 14.5 Å². The molecule has 0 bridgehead atoms. The van der Waals surface area contributed by atoms with Crippen molar-refractivity contribution in [2.24, 2.45) is 0 Å². The van der Waals surface area contributed by atoms with Crippen LogP contribution in [0.5, 0.6) is 5.75 Å². The van der Waals surface area contributed by atoms with Crippen molar-refractivity contribution in [1.29, 1.82) is 0 Å². The molecule has 3 rings (SSSR count). The molecule has 1 aliphatic rings. The van der Waals surface area contributed by atoms with Crippen LogP contribution in [0.1, 0.15) is 11.1 Å². The molecule has 0 spiro atoms. The summed E-state index contributed by atoms with van der Waals surface area (Å²) in [5.41, 5.74) is 2.21. The molecule has 0 radical (unpaired) electrons. The van der Waals surface area contributed by atoms with Crippen LogP contribution in [0.4, 0.5) is 5.69 Å². The topological polar surface area (TPSA) is 69.6 Å². The lowest BCUT2D eigenvalue weighted by atomic mass is 10.2. The predicted octanol–water partition coefficient (Wildman–Crippen LogP) is 3.54. The van der Waals surface area contributed by atoms with Crippen molar-refractivity contribution >= 4 is 51.9 Å². The summed E-state index contributed by atoms with van der Waals surface area (Å²) in [5, 5.41) is 12.2. The minimum atomic E-state index is -0.351. The molecule has 1 aliphatic heterocycles. The van der Waals surface area contributed by atoms with Crippen LogP contribution in [0.2, 0.25) is 0 Å². The number of carbonyl (C=O) groups is 2. The van der Waals surface area contributed by atoms with E-state index in [1.54, 1.807) is 25.1 Å². The van der Waals surface area contributed by atoms with E-state index >= 15 is 0 Å². The maximum absolute atomic E-state index is 12.6. The number of hydrogen-bond donors (Lipinski definition) is 2. The van der Waals surface area contributed by atoms with Crippen molar-refractivity contribution in [3.63, 3.8) is 0 Å². The summed E-state index contributed by atoms with van der Waals surface area (Å²) >= 11 is 6.44.